The van der Waals surface area contributed by atoms with E-state index in [9.17, 15) is 54.3 Å². The van der Waals surface area contributed by atoms with Crippen LogP contribution in [-0.2, 0) is 33.5 Å². The number of carboxylic acid groups (broad SMARTS) is 5. The van der Waals surface area contributed by atoms with Gasteiger partial charge in [0.1, 0.15) is 5.78 Å². The Morgan fingerprint density at radius 2 is 1.12 bits per heavy atom. The van der Waals surface area contributed by atoms with E-state index in [1.54, 1.807) is 0 Å². The Morgan fingerprint density at radius 1 is 0.650 bits per heavy atom. The van der Waals surface area contributed by atoms with Gasteiger partial charge in [-0.1, -0.05) is 20.3 Å². The molecule has 0 aromatic rings. The number of carboxylic acids is 5. The minimum Gasteiger partial charge on any atom is -0.549 e. The quantitative estimate of drug-likeness (QED) is 0.0799. The fourth-order valence-electron chi connectivity index (χ4n) is 3.58. The van der Waals surface area contributed by atoms with E-state index < -0.39 is 68.7 Å². The predicted octanol–water partition coefficient (Wildman–Crippen LogP) is -7.19. The van der Waals surface area contributed by atoms with E-state index in [4.69, 9.17) is 4.74 Å². The number of aliphatic carboxylic acids is 5. The van der Waals surface area contributed by atoms with Crippen molar-refractivity contribution in [1.82, 2.24) is 14.7 Å². The van der Waals surface area contributed by atoms with Crippen LogP contribution in [0.5, 0.6) is 0 Å². The average Bonchev–Trinajstić information content (AvgIpc) is 2.79. The van der Waals surface area contributed by atoms with Gasteiger partial charge in [0.2, 0.25) is 0 Å². The molecule has 0 aliphatic carbocycles. The third-order valence-electron chi connectivity index (χ3n) is 5.67. The first kappa shape index (κ1) is 40.3. The van der Waals surface area contributed by atoms with E-state index in [-0.39, 0.29) is 84.4 Å². The van der Waals surface area contributed by atoms with Crippen LogP contribution in [0.4, 0.5) is 0 Å². The molecule has 0 aliphatic rings. The molecule has 229 valence electrons. The molecule has 1 radical (unpaired) electrons. The topological polar surface area (TPSA) is 237 Å². The van der Waals surface area contributed by atoms with Gasteiger partial charge in [0.15, 0.2) is 0 Å². The third kappa shape index (κ3) is 21.0. The number of nitrogens with zero attached hydrogens (tertiary/aromatic N) is 3. The number of unbranched alkanes of at least 4 members (excludes halogenated alkanes) is 2. The Kier molecular flexibility index (Phi) is 23.0. The Morgan fingerprint density at radius 3 is 1.60 bits per heavy atom. The zero-order valence-corrected chi connectivity index (χ0v) is 24.9. The van der Waals surface area contributed by atoms with Crippen molar-refractivity contribution in [1.29, 1.82) is 0 Å². The second-order valence-corrected chi connectivity index (χ2v) is 9.29. The average molecular weight is 716 g/mol. The molecule has 0 fully saturated rings. The summed E-state index contributed by atoms with van der Waals surface area (Å²) >= 11 is 0. The zero-order chi connectivity index (χ0) is 30.0. The zero-order valence-electron chi connectivity index (χ0n) is 22.6. The molecule has 1 atom stereocenters. The van der Waals surface area contributed by atoms with E-state index in [1.807, 2.05) is 13.8 Å². The molecule has 1 unspecified atom stereocenters. The molecule has 0 N–H and O–H groups in total. The molecule has 16 heteroatoms. The van der Waals surface area contributed by atoms with Gasteiger partial charge in [0.05, 0.1) is 42.5 Å². The molecule has 0 aromatic heterocycles. The van der Waals surface area contributed by atoms with E-state index in [1.165, 1.54) is 4.90 Å². The molecule has 0 aromatic carbocycles. The van der Waals surface area contributed by atoms with Crippen LogP contribution in [0.1, 0.15) is 39.5 Å². The van der Waals surface area contributed by atoms with Crippen LogP contribution in [0.2, 0.25) is 0 Å². The number of ether oxygens (including phenoxy) is 1. The van der Waals surface area contributed by atoms with Crippen LogP contribution in [0, 0.1) is 45.9 Å². The van der Waals surface area contributed by atoms with Crippen LogP contribution in [0.25, 0.3) is 0 Å². The molecule has 40 heavy (non-hydrogen) atoms. The fraction of sp³-hybridized carbons (Fsp3) is 0.750. The first-order valence-corrected chi connectivity index (χ1v) is 12.5. The van der Waals surface area contributed by atoms with Gasteiger partial charge in [0, 0.05) is 71.3 Å². The van der Waals surface area contributed by atoms with Crippen molar-refractivity contribution in [2.45, 2.75) is 45.6 Å². The maximum absolute atomic E-state index is 11.7. The molecule has 0 rings (SSSR count). The summed E-state index contributed by atoms with van der Waals surface area (Å²) in [5, 5.41) is 55.8. The third-order valence-corrected chi connectivity index (χ3v) is 5.67. The van der Waals surface area contributed by atoms with Crippen LogP contribution in [0.15, 0.2) is 0 Å². The van der Waals surface area contributed by atoms with Crippen LogP contribution < -0.4 is 25.5 Å². The number of carbonyl (C=O) groups excluding carboxylic acids is 6. The van der Waals surface area contributed by atoms with Gasteiger partial charge in [-0.05, 0) is 12.8 Å². The van der Waals surface area contributed by atoms with E-state index in [0.717, 1.165) is 9.80 Å². The summed E-state index contributed by atoms with van der Waals surface area (Å²) in [6.07, 6.45) is 2.29. The van der Waals surface area contributed by atoms with Gasteiger partial charge in [0.25, 0.3) is 0 Å². The molecular weight excluding hydrogens is 680 g/mol. The van der Waals surface area contributed by atoms with Crippen molar-refractivity contribution >= 4 is 35.6 Å². The molecule has 0 spiro atoms. The van der Waals surface area contributed by atoms with Gasteiger partial charge in [-0.3, -0.25) is 19.5 Å². The van der Waals surface area contributed by atoms with Gasteiger partial charge in [-0.2, -0.15) is 0 Å². The Bertz CT molecular complexity index is 811. The second kappa shape index (κ2) is 22.8. The monoisotopic (exact) mass is 716 g/mol. The second-order valence-electron chi connectivity index (χ2n) is 9.29. The first-order valence-electron chi connectivity index (χ1n) is 12.5. The molecule has 0 heterocycles. The first-order chi connectivity index (χ1) is 18.2. The Balaban J connectivity index is 0. The molecule has 15 nitrogen and oxygen atoms in total. The van der Waals surface area contributed by atoms with Crippen molar-refractivity contribution in [2.75, 3.05) is 65.6 Å². The molecule has 0 saturated heterocycles. The number of hydrogen-bond donors (Lipinski definition) is 0. The molecular formula is C24H36GdN3O12-2. The van der Waals surface area contributed by atoms with Crippen molar-refractivity contribution < 1.29 is 99.0 Å². The van der Waals surface area contributed by atoms with Gasteiger partial charge >= 0.3 is 39.9 Å². The summed E-state index contributed by atoms with van der Waals surface area (Å²) in [6.45, 7) is -0.602. The smallest absolute Gasteiger partial charge is 0.549 e. The number of rotatable bonds is 25. The SMILES string of the molecule is CC(C)C(=O)CCCCCOCC(C(=O)[O-])N(CCN(CCN(CC(=O)[O-])CC(=O)[O-])CC(=O)[O-])CC(=O)[O-].[Gd+3]. The fourth-order valence-corrected chi connectivity index (χ4v) is 3.58. The van der Waals surface area contributed by atoms with Crippen LogP contribution in [0.3, 0.4) is 0 Å². The summed E-state index contributed by atoms with van der Waals surface area (Å²) in [7, 11) is 0. The van der Waals surface area contributed by atoms with Crippen LogP contribution in [-0.4, -0.2) is 122 Å². The minimum atomic E-state index is -1.63. The van der Waals surface area contributed by atoms with Gasteiger partial charge < -0.3 is 54.2 Å². The van der Waals surface area contributed by atoms with Crippen molar-refractivity contribution in [3.63, 3.8) is 0 Å². The summed E-state index contributed by atoms with van der Waals surface area (Å²) in [5.41, 5.74) is 0. The standard InChI is InChI=1S/C24H41N3O12.Gd/c1-17(2)19(28)6-4-3-5-11-39-16-18(24(37)38)27(15-23(35)36)10-9-25(12-20(29)30)7-8-26(13-21(31)32)14-22(33)34;/h17-18H,3-16H2,1-2H3,(H,29,30)(H,31,32)(H,33,34)(H,35,36)(H,37,38);/q;+3/p-5. The van der Waals surface area contributed by atoms with E-state index in [0.29, 0.717) is 25.7 Å². The molecule has 0 saturated carbocycles. The van der Waals surface area contributed by atoms with E-state index >= 15 is 0 Å². The minimum absolute atomic E-state index is 0. The summed E-state index contributed by atoms with van der Waals surface area (Å²) in [5.74, 6) is -7.79. The number of hydrogen-bond acceptors (Lipinski definition) is 15. The van der Waals surface area contributed by atoms with Crippen molar-refractivity contribution in [3.05, 3.63) is 0 Å². The summed E-state index contributed by atoms with van der Waals surface area (Å²) in [4.78, 5) is 70.6. The summed E-state index contributed by atoms with van der Waals surface area (Å²) in [6, 6.07) is -1.51. The molecule has 0 bridgehead atoms. The molecule has 0 amide bonds. The largest absolute Gasteiger partial charge is 3.00 e. The van der Waals surface area contributed by atoms with E-state index in [2.05, 4.69) is 0 Å². The van der Waals surface area contributed by atoms with Crippen molar-refractivity contribution in [3.8, 4) is 0 Å². The number of Topliss-reactive ketones (excluding diaryl/α,β-unsaturated/α-hetero) is 1. The maximum Gasteiger partial charge on any atom is 3.00 e. The normalized spacial score (nSPS) is 11.9. The molecule has 0 aliphatic heterocycles. The van der Waals surface area contributed by atoms with Crippen molar-refractivity contribution in [2.24, 2.45) is 5.92 Å². The van der Waals surface area contributed by atoms with Gasteiger partial charge in [-0.25, -0.2) is 0 Å². The Labute approximate surface area is 265 Å². The Hall–Kier alpha value is -1.82. The number of ketones is 1. The number of carbonyl (C=O) groups is 6. The van der Waals surface area contributed by atoms with Gasteiger partial charge in [-0.15, -0.1) is 0 Å². The predicted molar refractivity (Wildman–Crippen MR) is 122 cm³/mol. The summed E-state index contributed by atoms with van der Waals surface area (Å²) < 4.78 is 5.39. The maximum atomic E-state index is 11.7. The van der Waals surface area contributed by atoms with Crippen LogP contribution >= 0.6 is 0 Å².